The van der Waals surface area contributed by atoms with Crippen LogP contribution in [0.3, 0.4) is 0 Å². The summed E-state index contributed by atoms with van der Waals surface area (Å²) in [5, 5.41) is 12.6. The van der Waals surface area contributed by atoms with Crippen molar-refractivity contribution in [2.75, 3.05) is 6.54 Å². The second kappa shape index (κ2) is 6.61. The van der Waals surface area contributed by atoms with Crippen molar-refractivity contribution in [3.63, 3.8) is 0 Å². The molecule has 2 N–H and O–H groups in total. The van der Waals surface area contributed by atoms with Gasteiger partial charge in [0.05, 0.1) is 6.10 Å². The van der Waals surface area contributed by atoms with Gasteiger partial charge in [-0.1, -0.05) is 25.1 Å². The van der Waals surface area contributed by atoms with E-state index in [0.29, 0.717) is 18.5 Å². The molecule has 0 aliphatic carbocycles. The quantitative estimate of drug-likeness (QED) is 0.777. The Hall–Kier alpha value is -0.930. The molecule has 3 heteroatoms. The highest BCUT2D eigenvalue weighted by Crippen LogP contribution is 2.08. The number of aliphatic hydroxyl groups is 1. The molecule has 0 saturated carbocycles. The summed E-state index contributed by atoms with van der Waals surface area (Å²) in [6.45, 7) is 4.49. The smallest absolute Gasteiger partial charge is 0.126 e. The van der Waals surface area contributed by atoms with Gasteiger partial charge in [-0.25, -0.2) is 4.39 Å². The summed E-state index contributed by atoms with van der Waals surface area (Å²) in [6, 6.07) is 6.97. The summed E-state index contributed by atoms with van der Waals surface area (Å²) in [5.41, 5.74) is 0.716. The van der Waals surface area contributed by atoms with E-state index in [1.807, 2.05) is 19.9 Å². The molecule has 0 aliphatic heterocycles. The van der Waals surface area contributed by atoms with E-state index in [4.69, 9.17) is 0 Å². The molecule has 1 aromatic rings. The lowest BCUT2D eigenvalue weighted by atomic mass is 10.1. The predicted molar refractivity (Wildman–Crippen MR) is 63.9 cm³/mol. The minimum absolute atomic E-state index is 0.160. The van der Waals surface area contributed by atoms with Crippen LogP contribution in [0.1, 0.15) is 25.8 Å². The number of nitrogens with one attached hydrogen (secondary N) is 1. The van der Waals surface area contributed by atoms with Gasteiger partial charge in [0.2, 0.25) is 0 Å². The molecular weight excluding hydrogens is 205 g/mol. The Labute approximate surface area is 96.5 Å². The van der Waals surface area contributed by atoms with Gasteiger partial charge in [0.25, 0.3) is 0 Å². The lowest BCUT2D eigenvalue weighted by Crippen LogP contribution is -2.34. The zero-order valence-corrected chi connectivity index (χ0v) is 9.91. The zero-order valence-electron chi connectivity index (χ0n) is 9.91. The first-order valence-electron chi connectivity index (χ1n) is 5.78. The average Bonchev–Trinajstić information content (AvgIpc) is 2.29. The van der Waals surface area contributed by atoms with Crippen molar-refractivity contribution < 1.29 is 9.50 Å². The monoisotopic (exact) mass is 225 g/mol. The summed E-state index contributed by atoms with van der Waals surface area (Å²) in [6.07, 6.45) is 1.06. The number of benzene rings is 1. The summed E-state index contributed by atoms with van der Waals surface area (Å²) >= 11 is 0. The van der Waals surface area contributed by atoms with Gasteiger partial charge in [-0.15, -0.1) is 0 Å². The summed E-state index contributed by atoms with van der Waals surface area (Å²) in [5.74, 6) is -0.160. The number of hydrogen-bond acceptors (Lipinski definition) is 2. The molecule has 0 aliphatic rings. The largest absolute Gasteiger partial charge is 0.392 e. The van der Waals surface area contributed by atoms with Crippen molar-refractivity contribution in [2.24, 2.45) is 0 Å². The summed E-state index contributed by atoms with van der Waals surface area (Å²) in [4.78, 5) is 0. The SMILES string of the molecule is CCC(O)CNC(C)Cc1ccccc1F. The molecule has 1 rings (SSSR count). The van der Waals surface area contributed by atoms with E-state index < -0.39 is 0 Å². The normalized spacial score (nSPS) is 14.8. The topological polar surface area (TPSA) is 32.3 Å². The van der Waals surface area contributed by atoms with Crippen molar-refractivity contribution in [1.29, 1.82) is 0 Å². The van der Waals surface area contributed by atoms with Crippen molar-refractivity contribution in [3.8, 4) is 0 Å². The van der Waals surface area contributed by atoms with Gasteiger partial charge < -0.3 is 10.4 Å². The first-order valence-corrected chi connectivity index (χ1v) is 5.78. The van der Waals surface area contributed by atoms with Gasteiger partial charge in [-0.2, -0.15) is 0 Å². The Kier molecular flexibility index (Phi) is 5.43. The van der Waals surface area contributed by atoms with Crippen molar-refractivity contribution in [3.05, 3.63) is 35.6 Å². The van der Waals surface area contributed by atoms with Crippen LogP contribution < -0.4 is 5.32 Å². The molecule has 0 spiro atoms. The number of aliphatic hydroxyl groups excluding tert-OH is 1. The standard InChI is InChI=1S/C13H20FNO/c1-3-12(16)9-15-10(2)8-11-6-4-5-7-13(11)14/h4-7,10,12,15-16H,3,8-9H2,1-2H3. The fourth-order valence-electron chi connectivity index (χ4n) is 1.55. The van der Waals surface area contributed by atoms with E-state index in [1.54, 1.807) is 12.1 Å². The van der Waals surface area contributed by atoms with Gasteiger partial charge in [0.15, 0.2) is 0 Å². The first kappa shape index (κ1) is 13.1. The molecule has 0 amide bonds. The lowest BCUT2D eigenvalue weighted by molar-refractivity contribution is 0.163. The predicted octanol–water partition coefficient (Wildman–Crippen LogP) is 2.12. The number of halogens is 1. The lowest BCUT2D eigenvalue weighted by Gasteiger charge is -2.16. The Morgan fingerprint density at radius 1 is 1.38 bits per heavy atom. The molecule has 0 heterocycles. The molecule has 0 aromatic heterocycles. The van der Waals surface area contributed by atoms with Crippen molar-refractivity contribution in [1.82, 2.24) is 5.32 Å². The first-order chi connectivity index (χ1) is 7.63. The van der Waals surface area contributed by atoms with Crippen LogP contribution >= 0.6 is 0 Å². The zero-order chi connectivity index (χ0) is 12.0. The number of hydrogen-bond donors (Lipinski definition) is 2. The molecule has 2 atom stereocenters. The molecule has 1 aromatic carbocycles. The van der Waals surface area contributed by atoms with E-state index in [9.17, 15) is 9.50 Å². The molecule has 0 saturated heterocycles. The molecule has 0 radical (unpaired) electrons. The Balaban J connectivity index is 2.40. The Morgan fingerprint density at radius 2 is 2.06 bits per heavy atom. The number of rotatable bonds is 6. The molecule has 16 heavy (non-hydrogen) atoms. The summed E-state index contributed by atoms with van der Waals surface area (Å²) in [7, 11) is 0. The van der Waals surface area contributed by atoms with Crippen molar-refractivity contribution >= 4 is 0 Å². The third kappa shape index (κ3) is 4.29. The van der Waals surface area contributed by atoms with Crippen LogP contribution in [0, 0.1) is 5.82 Å². The minimum atomic E-state index is -0.317. The van der Waals surface area contributed by atoms with E-state index in [1.165, 1.54) is 6.07 Å². The van der Waals surface area contributed by atoms with Crippen molar-refractivity contribution in [2.45, 2.75) is 38.8 Å². The highest BCUT2D eigenvalue weighted by Gasteiger charge is 2.08. The molecule has 2 unspecified atom stereocenters. The fraction of sp³-hybridized carbons (Fsp3) is 0.538. The third-order valence-corrected chi connectivity index (χ3v) is 2.66. The Bertz CT molecular complexity index is 317. The maximum atomic E-state index is 13.3. The minimum Gasteiger partial charge on any atom is -0.392 e. The molecule has 0 fully saturated rings. The van der Waals surface area contributed by atoms with Crippen LogP contribution in [-0.2, 0) is 6.42 Å². The van der Waals surface area contributed by atoms with Gasteiger partial charge in [0, 0.05) is 12.6 Å². The van der Waals surface area contributed by atoms with E-state index in [0.717, 1.165) is 6.42 Å². The third-order valence-electron chi connectivity index (χ3n) is 2.66. The highest BCUT2D eigenvalue weighted by atomic mass is 19.1. The van der Waals surface area contributed by atoms with Crippen LogP contribution in [0.5, 0.6) is 0 Å². The Morgan fingerprint density at radius 3 is 2.69 bits per heavy atom. The van der Waals surface area contributed by atoms with Crippen LogP contribution in [0.4, 0.5) is 4.39 Å². The molecular formula is C13H20FNO. The van der Waals surface area contributed by atoms with Gasteiger partial charge >= 0.3 is 0 Å². The average molecular weight is 225 g/mol. The van der Waals surface area contributed by atoms with Crippen LogP contribution in [0.2, 0.25) is 0 Å². The maximum absolute atomic E-state index is 13.3. The summed E-state index contributed by atoms with van der Waals surface area (Å²) < 4.78 is 13.3. The van der Waals surface area contributed by atoms with Gasteiger partial charge in [0.1, 0.15) is 5.82 Å². The van der Waals surface area contributed by atoms with E-state index in [2.05, 4.69) is 5.32 Å². The second-order valence-electron chi connectivity index (χ2n) is 4.17. The van der Waals surface area contributed by atoms with Crippen LogP contribution in [-0.4, -0.2) is 23.8 Å². The maximum Gasteiger partial charge on any atom is 0.126 e. The fourth-order valence-corrected chi connectivity index (χ4v) is 1.55. The van der Waals surface area contributed by atoms with Crippen LogP contribution in [0.25, 0.3) is 0 Å². The van der Waals surface area contributed by atoms with Gasteiger partial charge in [-0.3, -0.25) is 0 Å². The second-order valence-corrected chi connectivity index (χ2v) is 4.17. The van der Waals surface area contributed by atoms with Gasteiger partial charge in [-0.05, 0) is 31.4 Å². The highest BCUT2D eigenvalue weighted by molar-refractivity contribution is 5.18. The van der Waals surface area contributed by atoms with Crippen LogP contribution in [0.15, 0.2) is 24.3 Å². The molecule has 90 valence electrons. The molecule has 0 bridgehead atoms. The van der Waals surface area contributed by atoms with E-state index >= 15 is 0 Å². The molecule has 2 nitrogen and oxygen atoms in total. The van der Waals surface area contributed by atoms with E-state index in [-0.39, 0.29) is 18.0 Å².